The molecule has 0 saturated carbocycles. The van der Waals surface area contributed by atoms with E-state index in [0.29, 0.717) is 0 Å². The van der Waals surface area contributed by atoms with Gasteiger partial charge in [-0.2, -0.15) is 0 Å². The van der Waals surface area contributed by atoms with Gasteiger partial charge in [-0.05, 0) is 30.7 Å². The number of imidazole rings is 1. The Kier molecular flexibility index (Phi) is 4.22. The molecular formula is C15H13ClN4S. The number of hydrogen-bond donors (Lipinski definition) is 0. The molecule has 0 spiro atoms. The van der Waals surface area contributed by atoms with Gasteiger partial charge in [0.15, 0.2) is 5.82 Å². The Morgan fingerprint density at radius 3 is 2.67 bits per heavy atom. The van der Waals surface area contributed by atoms with Gasteiger partial charge in [-0.3, -0.25) is 4.57 Å². The Hall–Kier alpha value is -1.85. The summed E-state index contributed by atoms with van der Waals surface area (Å²) in [6.07, 6.45) is 3.62. The molecule has 0 N–H and O–H groups in total. The Labute approximate surface area is 132 Å². The molecule has 0 radical (unpaired) electrons. The standard InChI is InChI=1S/C15H13ClN4S/c1-11-17-8-9-20(11)14-6-7-15(19-18-14)21-10-12-4-2-3-5-13(12)16/h2-9H,10H2,1H3. The van der Waals surface area contributed by atoms with Crippen LogP contribution in [0.4, 0.5) is 0 Å². The van der Waals surface area contributed by atoms with Crippen molar-refractivity contribution in [3.63, 3.8) is 0 Å². The summed E-state index contributed by atoms with van der Waals surface area (Å²) in [5, 5.41) is 10.1. The van der Waals surface area contributed by atoms with Crippen LogP contribution in [-0.4, -0.2) is 19.7 Å². The number of halogens is 1. The van der Waals surface area contributed by atoms with Crippen LogP contribution in [0.25, 0.3) is 5.82 Å². The first-order valence-electron chi connectivity index (χ1n) is 6.44. The third-order valence-corrected chi connectivity index (χ3v) is 4.37. The predicted molar refractivity (Wildman–Crippen MR) is 84.9 cm³/mol. The minimum Gasteiger partial charge on any atom is -0.287 e. The van der Waals surface area contributed by atoms with Crippen LogP contribution in [0.15, 0.2) is 53.8 Å². The summed E-state index contributed by atoms with van der Waals surface area (Å²) < 4.78 is 1.90. The molecule has 0 amide bonds. The van der Waals surface area contributed by atoms with Crippen LogP contribution in [0.5, 0.6) is 0 Å². The Balaban J connectivity index is 1.71. The number of benzene rings is 1. The molecule has 0 atom stereocenters. The van der Waals surface area contributed by atoms with Gasteiger partial charge in [0.05, 0.1) is 0 Å². The van der Waals surface area contributed by atoms with Crippen molar-refractivity contribution in [3.05, 3.63) is 65.2 Å². The molecule has 4 nitrogen and oxygen atoms in total. The molecule has 6 heteroatoms. The molecule has 0 unspecified atom stereocenters. The monoisotopic (exact) mass is 316 g/mol. The molecule has 0 fully saturated rings. The number of rotatable bonds is 4. The van der Waals surface area contributed by atoms with Crippen molar-refractivity contribution in [2.75, 3.05) is 0 Å². The second-order valence-electron chi connectivity index (χ2n) is 4.45. The van der Waals surface area contributed by atoms with Crippen molar-refractivity contribution >= 4 is 23.4 Å². The van der Waals surface area contributed by atoms with E-state index in [0.717, 1.165) is 33.0 Å². The summed E-state index contributed by atoms with van der Waals surface area (Å²) in [4.78, 5) is 4.18. The molecule has 2 aromatic heterocycles. The fraction of sp³-hybridized carbons (Fsp3) is 0.133. The maximum Gasteiger partial charge on any atom is 0.160 e. The van der Waals surface area contributed by atoms with Gasteiger partial charge in [0.1, 0.15) is 10.9 Å². The topological polar surface area (TPSA) is 43.6 Å². The Morgan fingerprint density at radius 2 is 2.00 bits per heavy atom. The molecule has 1 aromatic carbocycles. The molecule has 0 saturated heterocycles. The maximum absolute atomic E-state index is 6.14. The fourth-order valence-corrected chi connectivity index (χ4v) is 3.01. The van der Waals surface area contributed by atoms with Crippen LogP contribution in [0, 0.1) is 6.92 Å². The van der Waals surface area contributed by atoms with E-state index in [1.807, 2.05) is 54.1 Å². The van der Waals surface area contributed by atoms with Crippen molar-refractivity contribution in [1.82, 2.24) is 19.7 Å². The number of thioether (sulfide) groups is 1. The van der Waals surface area contributed by atoms with Crippen molar-refractivity contribution in [2.24, 2.45) is 0 Å². The van der Waals surface area contributed by atoms with E-state index < -0.39 is 0 Å². The largest absolute Gasteiger partial charge is 0.287 e. The maximum atomic E-state index is 6.14. The van der Waals surface area contributed by atoms with Crippen LogP contribution in [0.1, 0.15) is 11.4 Å². The number of hydrogen-bond acceptors (Lipinski definition) is 4. The molecule has 0 aliphatic rings. The fourth-order valence-electron chi connectivity index (χ4n) is 1.91. The third-order valence-electron chi connectivity index (χ3n) is 3.03. The van der Waals surface area contributed by atoms with Crippen LogP contribution in [0.3, 0.4) is 0 Å². The molecule has 0 aliphatic carbocycles. The van der Waals surface area contributed by atoms with Gasteiger partial charge < -0.3 is 0 Å². The summed E-state index contributed by atoms with van der Waals surface area (Å²) in [7, 11) is 0. The van der Waals surface area contributed by atoms with E-state index in [4.69, 9.17) is 11.6 Å². The first-order valence-corrected chi connectivity index (χ1v) is 7.80. The lowest BCUT2D eigenvalue weighted by Gasteiger charge is -2.05. The van der Waals surface area contributed by atoms with Gasteiger partial charge in [0.25, 0.3) is 0 Å². The average molecular weight is 317 g/mol. The van der Waals surface area contributed by atoms with Gasteiger partial charge in [-0.15, -0.1) is 10.2 Å². The lowest BCUT2D eigenvalue weighted by Crippen LogP contribution is -2.00. The smallest absolute Gasteiger partial charge is 0.160 e. The molecular weight excluding hydrogens is 304 g/mol. The zero-order valence-corrected chi connectivity index (χ0v) is 13.0. The second-order valence-corrected chi connectivity index (χ2v) is 5.86. The Morgan fingerprint density at radius 1 is 1.14 bits per heavy atom. The highest BCUT2D eigenvalue weighted by Gasteiger charge is 2.05. The zero-order valence-electron chi connectivity index (χ0n) is 11.4. The van der Waals surface area contributed by atoms with Crippen molar-refractivity contribution in [2.45, 2.75) is 17.7 Å². The lowest BCUT2D eigenvalue weighted by molar-refractivity contribution is 0.841. The molecule has 3 aromatic rings. The first-order chi connectivity index (χ1) is 10.2. The molecule has 106 valence electrons. The van der Waals surface area contributed by atoms with Gasteiger partial charge >= 0.3 is 0 Å². The van der Waals surface area contributed by atoms with E-state index in [-0.39, 0.29) is 0 Å². The van der Waals surface area contributed by atoms with E-state index in [2.05, 4.69) is 15.2 Å². The summed E-state index contributed by atoms with van der Waals surface area (Å²) in [5.41, 5.74) is 1.10. The van der Waals surface area contributed by atoms with Gasteiger partial charge in [0, 0.05) is 23.2 Å². The van der Waals surface area contributed by atoms with Crippen LogP contribution >= 0.6 is 23.4 Å². The van der Waals surface area contributed by atoms with Crippen molar-refractivity contribution in [3.8, 4) is 5.82 Å². The van der Waals surface area contributed by atoms with Gasteiger partial charge in [-0.1, -0.05) is 41.6 Å². The summed E-state index contributed by atoms with van der Waals surface area (Å²) in [6.45, 7) is 1.93. The number of aryl methyl sites for hydroxylation is 1. The average Bonchev–Trinajstić information content (AvgIpc) is 2.93. The van der Waals surface area contributed by atoms with E-state index in [1.54, 1.807) is 18.0 Å². The summed E-state index contributed by atoms with van der Waals surface area (Å²) in [6, 6.07) is 11.7. The second kappa shape index (κ2) is 6.28. The number of aromatic nitrogens is 4. The van der Waals surface area contributed by atoms with Crippen LogP contribution < -0.4 is 0 Å². The zero-order chi connectivity index (χ0) is 14.7. The highest BCUT2D eigenvalue weighted by molar-refractivity contribution is 7.98. The third kappa shape index (κ3) is 3.25. The number of nitrogens with zero attached hydrogens (tertiary/aromatic N) is 4. The molecule has 3 rings (SSSR count). The molecule has 21 heavy (non-hydrogen) atoms. The molecule has 0 bridgehead atoms. The SMILES string of the molecule is Cc1nccn1-c1ccc(SCc2ccccc2Cl)nn1. The molecule has 0 aliphatic heterocycles. The van der Waals surface area contributed by atoms with E-state index >= 15 is 0 Å². The van der Waals surface area contributed by atoms with Crippen molar-refractivity contribution in [1.29, 1.82) is 0 Å². The van der Waals surface area contributed by atoms with Crippen LogP contribution in [-0.2, 0) is 5.75 Å². The van der Waals surface area contributed by atoms with Crippen molar-refractivity contribution < 1.29 is 0 Å². The normalized spacial score (nSPS) is 10.8. The summed E-state index contributed by atoms with van der Waals surface area (Å²) >= 11 is 7.76. The predicted octanol–water partition coefficient (Wildman–Crippen LogP) is 3.92. The molecule has 2 heterocycles. The van der Waals surface area contributed by atoms with E-state index in [9.17, 15) is 0 Å². The highest BCUT2D eigenvalue weighted by atomic mass is 35.5. The van der Waals surface area contributed by atoms with Gasteiger partial charge in [-0.25, -0.2) is 4.98 Å². The van der Waals surface area contributed by atoms with Crippen LogP contribution in [0.2, 0.25) is 5.02 Å². The summed E-state index contributed by atoms with van der Waals surface area (Å²) in [5.74, 6) is 2.44. The van der Waals surface area contributed by atoms with Gasteiger partial charge in [0.2, 0.25) is 0 Å². The highest BCUT2D eigenvalue weighted by Crippen LogP contribution is 2.25. The van der Waals surface area contributed by atoms with E-state index in [1.165, 1.54) is 0 Å². The quantitative estimate of drug-likeness (QED) is 0.684. The first kappa shape index (κ1) is 14.1. The minimum absolute atomic E-state index is 0.770. The lowest BCUT2D eigenvalue weighted by atomic mass is 10.2. The Bertz CT molecular complexity index is 739. The minimum atomic E-state index is 0.770.